The predicted molar refractivity (Wildman–Crippen MR) is 73.5 cm³/mol. The molecule has 2 rings (SSSR count). The Morgan fingerprint density at radius 1 is 1.30 bits per heavy atom. The number of nitrogen functional groups attached to an aromatic ring is 1. The summed E-state index contributed by atoms with van der Waals surface area (Å²) in [6.07, 6.45) is 1.04. The predicted octanol–water partition coefficient (Wildman–Crippen LogP) is 3.70. The molecule has 1 fully saturated rings. The van der Waals surface area contributed by atoms with Crippen LogP contribution < -0.4 is 10.6 Å². The Balaban J connectivity index is 2.31. The SMILES string of the molecule is CC1CCCCC1N(C)c1cc(C(F)(F)F)ncc1N. The van der Waals surface area contributed by atoms with Gasteiger partial charge in [-0.2, -0.15) is 13.2 Å². The maximum atomic E-state index is 12.8. The van der Waals surface area contributed by atoms with Crippen molar-refractivity contribution in [3.05, 3.63) is 18.0 Å². The number of halogens is 3. The summed E-state index contributed by atoms with van der Waals surface area (Å²) in [6, 6.07) is 1.28. The molecule has 0 radical (unpaired) electrons. The number of nitrogens with zero attached hydrogens (tertiary/aromatic N) is 2. The van der Waals surface area contributed by atoms with Crippen LogP contribution in [-0.2, 0) is 6.18 Å². The molecule has 0 aliphatic heterocycles. The lowest BCUT2D eigenvalue weighted by Crippen LogP contribution is -2.39. The third-order valence-electron chi connectivity index (χ3n) is 4.15. The van der Waals surface area contributed by atoms with Gasteiger partial charge in [0, 0.05) is 13.1 Å². The van der Waals surface area contributed by atoms with Gasteiger partial charge in [-0.05, 0) is 24.8 Å². The molecule has 1 aliphatic rings. The number of hydrogen-bond acceptors (Lipinski definition) is 3. The quantitative estimate of drug-likeness (QED) is 0.902. The molecular weight excluding hydrogens is 267 g/mol. The molecule has 2 unspecified atom stereocenters. The fourth-order valence-corrected chi connectivity index (χ4v) is 2.97. The molecule has 0 spiro atoms. The van der Waals surface area contributed by atoms with Gasteiger partial charge in [-0.25, -0.2) is 4.98 Å². The molecule has 112 valence electrons. The molecule has 0 amide bonds. The van der Waals surface area contributed by atoms with E-state index in [1.807, 2.05) is 11.9 Å². The molecule has 20 heavy (non-hydrogen) atoms. The second-order valence-corrected chi connectivity index (χ2v) is 5.57. The molecule has 1 aromatic heterocycles. The Bertz CT molecular complexity index is 473. The molecule has 0 saturated heterocycles. The molecule has 2 atom stereocenters. The van der Waals surface area contributed by atoms with E-state index in [1.54, 1.807) is 0 Å². The Morgan fingerprint density at radius 3 is 2.55 bits per heavy atom. The van der Waals surface area contributed by atoms with Gasteiger partial charge in [0.15, 0.2) is 0 Å². The second-order valence-electron chi connectivity index (χ2n) is 5.57. The van der Waals surface area contributed by atoms with E-state index in [4.69, 9.17) is 5.73 Å². The monoisotopic (exact) mass is 287 g/mol. The third-order valence-corrected chi connectivity index (χ3v) is 4.15. The molecule has 0 bridgehead atoms. The van der Waals surface area contributed by atoms with Gasteiger partial charge < -0.3 is 10.6 Å². The normalized spacial score (nSPS) is 23.6. The Labute approximate surface area is 117 Å². The Kier molecular flexibility index (Phi) is 4.11. The van der Waals surface area contributed by atoms with E-state index in [0.29, 0.717) is 17.3 Å². The summed E-state index contributed by atoms with van der Waals surface area (Å²) in [4.78, 5) is 5.27. The Morgan fingerprint density at radius 2 is 1.95 bits per heavy atom. The molecule has 0 aromatic carbocycles. The topological polar surface area (TPSA) is 42.2 Å². The molecule has 3 nitrogen and oxygen atoms in total. The fraction of sp³-hybridized carbons (Fsp3) is 0.643. The minimum Gasteiger partial charge on any atom is -0.396 e. The van der Waals surface area contributed by atoms with E-state index >= 15 is 0 Å². The van der Waals surface area contributed by atoms with Crippen molar-refractivity contribution in [3.8, 4) is 0 Å². The van der Waals surface area contributed by atoms with Gasteiger partial charge in [0.05, 0.1) is 17.6 Å². The summed E-state index contributed by atoms with van der Waals surface area (Å²) in [7, 11) is 1.82. The summed E-state index contributed by atoms with van der Waals surface area (Å²) in [5, 5.41) is 0. The van der Waals surface area contributed by atoms with Crippen LogP contribution in [0.3, 0.4) is 0 Å². The molecule has 1 heterocycles. The fourth-order valence-electron chi connectivity index (χ4n) is 2.97. The Hall–Kier alpha value is -1.46. The van der Waals surface area contributed by atoms with Crippen molar-refractivity contribution < 1.29 is 13.2 Å². The van der Waals surface area contributed by atoms with Crippen molar-refractivity contribution in [3.63, 3.8) is 0 Å². The van der Waals surface area contributed by atoms with Gasteiger partial charge in [-0.1, -0.05) is 19.8 Å². The molecular formula is C14H20F3N3. The molecule has 6 heteroatoms. The van der Waals surface area contributed by atoms with Crippen LogP contribution in [0, 0.1) is 5.92 Å². The zero-order chi connectivity index (χ0) is 14.9. The summed E-state index contributed by atoms with van der Waals surface area (Å²) >= 11 is 0. The second kappa shape index (κ2) is 5.50. The van der Waals surface area contributed by atoms with Crippen LogP contribution in [0.4, 0.5) is 24.5 Å². The minimum atomic E-state index is -4.44. The highest BCUT2D eigenvalue weighted by atomic mass is 19.4. The van der Waals surface area contributed by atoms with Gasteiger partial charge in [0.1, 0.15) is 5.69 Å². The minimum absolute atomic E-state index is 0.231. The van der Waals surface area contributed by atoms with Gasteiger partial charge in [-0.3, -0.25) is 0 Å². The smallest absolute Gasteiger partial charge is 0.396 e. The van der Waals surface area contributed by atoms with E-state index in [-0.39, 0.29) is 6.04 Å². The first-order chi connectivity index (χ1) is 9.30. The van der Waals surface area contributed by atoms with E-state index in [1.165, 1.54) is 6.42 Å². The lowest BCUT2D eigenvalue weighted by Gasteiger charge is -2.38. The van der Waals surface area contributed by atoms with Crippen molar-refractivity contribution in [2.75, 3.05) is 17.7 Å². The van der Waals surface area contributed by atoms with Crippen LogP contribution in [0.5, 0.6) is 0 Å². The highest BCUT2D eigenvalue weighted by molar-refractivity contribution is 5.67. The highest BCUT2D eigenvalue weighted by Gasteiger charge is 2.34. The van der Waals surface area contributed by atoms with E-state index < -0.39 is 11.9 Å². The number of pyridine rings is 1. The van der Waals surface area contributed by atoms with E-state index in [9.17, 15) is 13.2 Å². The van der Waals surface area contributed by atoms with Crippen LogP contribution >= 0.6 is 0 Å². The highest BCUT2D eigenvalue weighted by Crippen LogP contribution is 2.36. The first-order valence-corrected chi connectivity index (χ1v) is 6.86. The molecule has 1 saturated carbocycles. The first kappa shape index (κ1) is 14.9. The van der Waals surface area contributed by atoms with Crippen LogP contribution in [0.15, 0.2) is 12.3 Å². The standard InChI is InChI=1S/C14H20F3N3/c1-9-5-3-4-6-11(9)20(2)12-7-13(14(15,16)17)19-8-10(12)18/h7-9,11H,3-6,18H2,1-2H3. The number of nitrogens with two attached hydrogens (primary N) is 1. The maximum absolute atomic E-state index is 12.8. The van der Waals surface area contributed by atoms with E-state index in [2.05, 4.69) is 11.9 Å². The van der Waals surface area contributed by atoms with Crippen LogP contribution in [0.2, 0.25) is 0 Å². The average Bonchev–Trinajstić information content (AvgIpc) is 2.37. The van der Waals surface area contributed by atoms with Crippen molar-refractivity contribution >= 4 is 11.4 Å². The number of hydrogen-bond donors (Lipinski definition) is 1. The number of anilines is 2. The average molecular weight is 287 g/mol. The third kappa shape index (κ3) is 2.99. The lowest BCUT2D eigenvalue weighted by atomic mass is 9.85. The van der Waals surface area contributed by atoms with E-state index in [0.717, 1.165) is 31.5 Å². The summed E-state index contributed by atoms with van der Waals surface area (Å²) in [5.41, 5.74) is 5.63. The molecule has 1 aromatic rings. The largest absolute Gasteiger partial charge is 0.433 e. The van der Waals surface area contributed by atoms with Crippen molar-refractivity contribution in [1.82, 2.24) is 4.98 Å². The van der Waals surface area contributed by atoms with Gasteiger partial charge in [0.2, 0.25) is 0 Å². The van der Waals surface area contributed by atoms with Crippen LogP contribution in [0.1, 0.15) is 38.3 Å². The van der Waals surface area contributed by atoms with Gasteiger partial charge >= 0.3 is 6.18 Å². The van der Waals surface area contributed by atoms with Crippen molar-refractivity contribution in [2.45, 2.75) is 44.8 Å². The maximum Gasteiger partial charge on any atom is 0.433 e. The zero-order valence-electron chi connectivity index (χ0n) is 11.7. The summed E-state index contributed by atoms with van der Waals surface area (Å²) in [5.74, 6) is 0.454. The van der Waals surface area contributed by atoms with Gasteiger partial charge in [0.25, 0.3) is 0 Å². The zero-order valence-corrected chi connectivity index (χ0v) is 11.7. The molecule has 2 N–H and O–H groups in total. The van der Waals surface area contributed by atoms with Crippen molar-refractivity contribution in [1.29, 1.82) is 0 Å². The lowest BCUT2D eigenvalue weighted by molar-refractivity contribution is -0.141. The van der Waals surface area contributed by atoms with Crippen LogP contribution in [0.25, 0.3) is 0 Å². The first-order valence-electron chi connectivity index (χ1n) is 6.86. The number of rotatable bonds is 2. The molecule has 1 aliphatic carbocycles. The summed E-state index contributed by atoms with van der Waals surface area (Å²) in [6.45, 7) is 2.14. The van der Waals surface area contributed by atoms with Gasteiger partial charge in [-0.15, -0.1) is 0 Å². The number of aromatic nitrogens is 1. The van der Waals surface area contributed by atoms with Crippen LogP contribution in [-0.4, -0.2) is 18.1 Å². The number of alkyl halides is 3. The van der Waals surface area contributed by atoms with Crippen molar-refractivity contribution in [2.24, 2.45) is 5.92 Å². The summed E-state index contributed by atoms with van der Waals surface area (Å²) < 4.78 is 38.3.